The maximum atomic E-state index is 5.78. The molecule has 2 unspecified atom stereocenters. The summed E-state index contributed by atoms with van der Waals surface area (Å²) in [6, 6.07) is 0. The molecule has 1 aliphatic heterocycles. The second kappa shape index (κ2) is 4.07. The van der Waals surface area contributed by atoms with Crippen molar-refractivity contribution in [3.8, 4) is 0 Å². The molecule has 1 aliphatic rings. The van der Waals surface area contributed by atoms with Crippen molar-refractivity contribution in [2.45, 2.75) is 39.4 Å². The summed E-state index contributed by atoms with van der Waals surface area (Å²) >= 11 is 0. The fraction of sp³-hybridized carbons (Fsp3) is 1.00. The van der Waals surface area contributed by atoms with Gasteiger partial charge in [0.25, 0.3) is 0 Å². The van der Waals surface area contributed by atoms with E-state index in [9.17, 15) is 0 Å². The van der Waals surface area contributed by atoms with Gasteiger partial charge in [0.1, 0.15) is 0 Å². The van der Waals surface area contributed by atoms with Crippen LogP contribution in [0.5, 0.6) is 0 Å². The zero-order valence-corrected chi connectivity index (χ0v) is 7.76. The third kappa shape index (κ3) is 2.46. The molecule has 0 aromatic carbocycles. The lowest BCUT2D eigenvalue weighted by atomic mass is 10.0. The smallest absolute Gasteiger partial charge is 0.0827 e. The summed E-state index contributed by atoms with van der Waals surface area (Å²) in [4.78, 5) is 0. The molecule has 2 atom stereocenters. The minimum atomic E-state index is 0.423. The van der Waals surface area contributed by atoms with Crippen molar-refractivity contribution in [2.24, 2.45) is 5.92 Å². The van der Waals surface area contributed by atoms with Crippen LogP contribution >= 0.6 is 0 Å². The van der Waals surface area contributed by atoms with E-state index in [4.69, 9.17) is 4.74 Å². The van der Waals surface area contributed by atoms with E-state index in [-0.39, 0.29) is 0 Å². The normalized spacial score (nSPS) is 24.3. The Morgan fingerprint density at radius 3 is 2.45 bits per heavy atom. The lowest BCUT2D eigenvalue weighted by Gasteiger charge is -2.32. The van der Waals surface area contributed by atoms with E-state index in [1.807, 2.05) is 0 Å². The van der Waals surface area contributed by atoms with Crippen LogP contribution in [0.15, 0.2) is 0 Å². The van der Waals surface area contributed by atoms with Crippen LogP contribution in [0.25, 0.3) is 0 Å². The number of nitrogens with one attached hydrogen (secondary N) is 1. The number of ether oxygens (including phenoxy) is 1. The molecule has 2 heteroatoms. The minimum absolute atomic E-state index is 0.423. The van der Waals surface area contributed by atoms with E-state index in [0.29, 0.717) is 18.1 Å². The third-order valence-corrected chi connectivity index (χ3v) is 2.60. The monoisotopic (exact) mass is 157 g/mol. The minimum Gasteiger partial charge on any atom is -0.372 e. The largest absolute Gasteiger partial charge is 0.372 e. The van der Waals surface area contributed by atoms with Gasteiger partial charge in [-0.05, 0) is 12.8 Å². The highest BCUT2D eigenvalue weighted by Crippen LogP contribution is 2.13. The molecule has 0 bridgehead atoms. The Labute approximate surface area is 69.3 Å². The Morgan fingerprint density at radius 2 is 2.09 bits per heavy atom. The van der Waals surface area contributed by atoms with Gasteiger partial charge in [-0.2, -0.15) is 0 Å². The summed E-state index contributed by atoms with van der Waals surface area (Å²) in [5.41, 5.74) is 0. The van der Waals surface area contributed by atoms with Gasteiger partial charge in [0.15, 0.2) is 0 Å². The first-order chi connectivity index (χ1) is 5.24. The third-order valence-electron chi connectivity index (χ3n) is 2.60. The Hall–Kier alpha value is -0.0800. The standard InChI is InChI=1S/C9H19NO/c1-4-7(2)8(3)11-9-5-10-6-9/h7-10H,4-6H2,1-3H3. The zero-order chi connectivity index (χ0) is 8.27. The molecule has 0 aromatic heterocycles. The average Bonchev–Trinajstić information content (AvgIpc) is 1.94. The van der Waals surface area contributed by atoms with Crippen LogP contribution in [0.4, 0.5) is 0 Å². The van der Waals surface area contributed by atoms with E-state index in [2.05, 4.69) is 26.1 Å². The van der Waals surface area contributed by atoms with E-state index in [1.54, 1.807) is 0 Å². The van der Waals surface area contributed by atoms with Crippen LogP contribution in [0.2, 0.25) is 0 Å². The van der Waals surface area contributed by atoms with Gasteiger partial charge >= 0.3 is 0 Å². The van der Waals surface area contributed by atoms with Gasteiger partial charge in [0, 0.05) is 13.1 Å². The van der Waals surface area contributed by atoms with Crippen molar-refractivity contribution in [3.05, 3.63) is 0 Å². The predicted molar refractivity (Wildman–Crippen MR) is 46.7 cm³/mol. The van der Waals surface area contributed by atoms with Crippen LogP contribution in [0, 0.1) is 5.92 Å². The van der Waals surface area contributed by atoms with Crippen molar-refractivity contribution in [1.82, 2.24) is 5.32 Å². The molecule has 0 amide bonds. The Bertz CT molecular complexity index is 112. The summed E-state index contributed by atoms with van der Waals surface area (Å²) in [6.07, 6.45) is 2.12. The van der Waals surface area contributed by atoms with Crippen LogP contribution in [-0.4, -0.2) is 25.3 Å². The molecule has 0 spiro atoms. The second-order valence-corrected chi connectivity index (χ2v) is 3.51. The van der Waals surface area contributed by atoms with Crippen LogP contribution < -0.4 is 5.32 Å². The number of rotatable bonds is 4. The Kier molecular flexibility index (Phi) is 3.34. The molecule has 1 saturated heterocycles. The fourth-order valence-electron chi connectivity index (χ4n) is 1.13. The summed E-state index contributed by atoms with van der Waals surface area (Å²) in [6.45, 7) is 8.72. The van der Waals surface area contributed by atoms with Gasteiger partial charge in [0.05, 0.1) is 12.2 Å². The van der Waals surface area contributed by atoms with Crippen molar-refractivity contribution in [3.63, 3.8) is 0 Å². The predicted octanol–water partition coefficient (Wildman–Crippen LogP) is 1.41. The highest BCUT2D eigenvalue weighted by Gasteiger charge is 2.21. The molecule has 0 aromatic rings. The summed E-state index contributed by atoms with van der Waals surface area (Å²) in [7, 11) is 0. The van der Waals surface area contributed by atoms with E-state index in [0.717, 1.165) is 13.1 Å². The van der Waals surface area contributed by atoms with E-state index < -0.39 is 0 Å². The number of hydrogen-bond donors (Lipinski definition) is 1. The lowest BCUT2D eigenvalue weighted by molar-refractivity contribution is -0.0519. The van der Waals surface area contributed by atoms with Crippen LogP contribution in [0.1, 0.15) is 27.2 Å². The fourth-order valence-corrected chi connectivity index (χ4v) is 1.13. The van der Waals surface area contributed by atoms with Gasteiger partial charge in [-0.15, -0.1) is 0 Å². The molecule has 1 N–H and O–H groups in total. The molecule has 0 aliphatic carbocycles. The van der Waals surface area contributed by atoms with Gasteiger partial charge in [-0.3, -0.25) is 0 Å². The topological polar surface area (TPSA) is 21.3 Å². The average molecular weight is 157 g/mol. The molecular weight excluding hydrogens is 138 g/mol. The maximum Gasteiger partial charge on any atom is 0.0827 e. The van der Waals surface area contributed by atoms with E-state index in [1.165, 1.54) is 6.42 Å². The number of hydrogen-bond acceptors (Lipinski definition) is 2. The highest BCUT2D eigenvalue weighted by molar-refractivity contribution is 4.76. The van der Waals surface area contributed by atoms with Crippen molar-refractivity contribution in [1.29, 1.82) is 0 Å². The van der Waals surface area contributed by atoms with Crippen molar-refractivity contribution >= 4 is 0 Å². The van der Waals surface area contributed by atoms with Crippen molar-refractivity contribution in [2.75, 3.05) is 13.1 Å². The first-order valence-corrected chi connectivity index (χ1v) is 4.60. The van der Waals surface area contributed by atoms with Gasteiger partial charge in [-0.1, -0.05) is 20.3 Å². The summed E-state index contributed by atoms with van der Waals surface area (Å²) in [5, 5.41) is 3.20. The molecule has 0 saturated carbocycles. The molecule has 1 fully saturated rings. The summed E-state index contributed by atoms with van der Waals surface area (Å²) < 4.78 is 5.78. The Balaban J connectivity index is 2.13. The quantitative estimate of drug-likeness (QED) is 0.666. The van der Waals surface area contributed by atoms with Crippen molar-refractivity contribution < 1.29 is 4.74 Å². The SMILES string of the molecule is CCC(C)C(C)OC1CNC1. The molecule has 0 radical (unpaired) electrons. The first-order valence-electron chi connectivity index (χ1n) is 4.60. The maximum absolute atomic E-state index is 5.78. The van der Waals surface area contributed by atoms with Gasteiger partial charge in [-0.25, -0.2) is 0 Å². The van der Waals surface area contributed by atoms with Gasteiger partial charge in [0.2, 0.25) is 0 Å². The van der Waals surface area contributed by atoms with E-state index >= 15 is 0 Å². The zero-order valence-electron chi connectivity index (χ0n) is 7.76. The van der Waals surface area contributed by atoms with Gasteiger partial charge < -0.3 is 10.1 Å². The molecule has 1 heterocycles. The Morgan fingerprint density at radius 1 is 1.45 bits per heavy atom. The molecule has 1 rings (SSSR count). The molecule has 2 nitrogen and oxygen atoms in total. The van der Waals surface area contributed by atoms with Crippen LogP contribution in [0.3, 0.4) is 0 Å². The highest BCUT2D eigenvalue weighted by atomic mass is 16.5. The summed E-state index contributed by atoms with van der Waals surface area (Å²) in [5.74, 6) is 0.690. The van der Waals surface area contributed by atoms with Crippen LogP contribution in [-0.2, 0) is 4.74 Å². The molecule has 66 valence electrons. The molecular formula is C9H19NO. The lowest BCUT2D eigenvalue weighted by Crippen LogP contribution is -2.50. The first kappa shape index (κ1) is 9.01. The molecule has 11 heavy (non-hydrogen) atoms. The second-order valence-electron chi connectivity index (χ2n) is 3.51.